The number of benzene rings is 1. The standard InChI is InChI=1S/C12H15ClN2O2S/c1-18(16,17)5-4-14-7-9-8-15-12-6-10(13)2-3-11(9)12/h2-3,6,8,14-15H,4-5,7H2,1H3. The average Bonchev–Trinajstić information content (AvgIpc) is 2.65. The summed E-state index contributed by atoms with van der Waals surface area (Å²) in [6, 6.07) is 5.68. The number of fused-ring (bicyclic) bond motifs is 1. The highest BCUT2D eigenvalue weighted by atomic mass is 35.5. The van der Waals surface area contributed by atoms with Crippen LogP contribution in [0.2, 0.25) is 5.02 Å². The molecular weight excluding hydrogens is 272 g/mol. The van der Waals surface area contributed by atoms with Crippen LogP contribution < -0.4 is 5.32 Å². The molecule has 0 bridgehead atoms. The first-order valence-electron chi connectivity index (χ1n) is 5.60. The van der Waals surface area contributed by atoms with Crippen molar-refractivity contribution in [3.63, 3.8) is 0 Å². The van der Waals surface area contributed by atoms with Gasteiger partial charge >= 0.3 is 0 Å². The van der Waals surface area contributed by atoms with Crippen LogP contribution in [0.15, 0.2) is 24.4 Å². The lowest BCUT2D eigenvalue weighted by molar-refractivity contribution is 0.596. The Hall–Kier alpha value is -1.04. The first kappa shape index (κ1) is 13.4. The minimum atomic E-state index is -2.90. The number of sulfone groups is 1. The third-order valence-corrected chi connectivity index (χ3v) is 3.88. The maximum atomic E-state index is 11.0. The SMILES string of the molecule is CS(=O)(=O)CCNCc1c[nH]c2cc(Cl)ccc12. The lowest BCUT2D eigenvalue weighted by Crippen LogP contribution is -2.21. The highest BCUT2D eigenvalue weighted by molar-refractivity contribution is 7.90. The van der Waals surface area contributed by atoms with Gasteiger partial charge in [-0.05, 0) is 17.7 Å². The van der Waals surface area contributed by atoms with Gasteiger partial charge in [-0.25, -0.2) is 8.42 Å². The Bertz CT molecular complexity index is 649. The van der Waals surface area contributed by atoms with Crippen LogP contribution in [0.3, 0.4) is 0 Å². The number of aromatic nitrogens is 1. The normalized spacial score (nSPS) is 12.1. The van der Waals surface area contributed by atoms with Crippen LogP contribution in [0.25, 0.3) is 10.9 Å². The van der Waals surface area contributed by atoms with Crippen molar-refractivity contribution in [2.75, 3.05) is 18.6 Å². The van der Waals surface area contributed by atoms with E-state index in [-0.39, 0.29) is 5.75 Å². The Morgan fingerprint density at radius 1 is 1.39 bits per heavy atom. The minimum Gasteiger partial charge on any atom is -0.361 e. The van der Waals surface area contributed by atoms with Crippen molar-refractivity contribution >= 4 is 32.3 Å². The molecule has 1 aromatic heterocycles. The molecule has 4 nitrogen and oxygen atoms in total. The predicted molar refractivity (Wildman–Crippen MR) is 74.7 cm³/mol. The summed E-state index contributed by atoms with van der Waals surface area (Å²) in [4.78, 5) is 3.14. The Balaban J connectivity index is 2.00. The summed E-state index contributed by atoms with van der Waals surface area (Å²) < 4.78 is 22.0. The molecule has 0 aliphatic heterocycles. The fraction of sp³-hybridized carbons (Fsp3) is 0.333. The fourth-order valence-electron chi connectivity index (χ4n) is 1.79. The molecule has 0 saturated heterocycles. The second-order valence-corrected chi connectivity index (χ2v) is 7.01. The maximum Gasteiger partial charge on any atom is 0.148 e. The highest BCUT2D eigenvalue weighted by Gasteiger charge is 2.05. The molecule has 2 rings (SSSR count). The van der Waals surface area contributed by atoms with E-state index in [2.05, 4.69) is 10.3 Å². The number of H-pyrrole nitrogens is 1. The number of halogens is 1. The largest absolute Gasteiger partial charge is 0.361 e. The molecule has 0 atom stereocenters. The Morgan fingerprint density at radius 2 is 2.17 bits per heavy atom. The number of rotatable bonds is 5. The van der Waals surface area contributed by atoms with E-state index in [1.165, 1.54) is 6.26 Å². The van der Waals surface area contributed by atoms with Gasteiger partial charge in [-0.15, -0.1) is 0 Å². The molecule has 1 heterocycles. The number of hydrogen-bond acceptors (Lipinski definition) is 3. The summed E-state index contributed by atoms with van der Waals surface area (Å²) in [6.45, 7) is 1.09. The molecule has 0 aliphatic rings. The van der Waals surface area contributed by atoms with E-state index in [0.717, 1.165) is 16.5 Å². The van der Waals surface area contributed by atoms with Gasteiger partial charge in [0.15, 0.2) is 0 Å². The predicted octanol–water partition coefficient (Wildman–Crippen LogP) is 1.96. The Kier molecular flexibility index (Phi) is 3.94. The summed E-state index contributed by atoms with van der Waals surface area (Å²) in [5.74, 6) is 0.154. The van der Waals surface area contributed by atoms with E-state index in [0.29, 0.717) is 18.1 Å². The molecule has 0 aliphatic carbocycles. The zero-order valence-electron chi connectivity index (χ0n) is 10.0. The van der Waals surface area contributed by atoms with Crippen LogP contribution in [0, 0.1) is 0 Å². The second kappa shape index (κ2) is 5.30. The number of nitrogens with one attached hydrogen (secondary N) is 2. The highest BCUT2D eigenvalue weighted by Crippen LogP contribution is 2.21. The van der Waals surface area contributed by atoms with Crippen LogP contribution in [0.1, 0.15) is 5.56 Å². The fourth-order valence-corrected chi connectivity index (χ4v) is 2.47. The van der Waals surface area contributed by atoms with Crippen LogP contribution >= 0.6 is 11.6 Å². The molecule has 0 fully saturated rings. The van der Waals surface area contributed by atoms with Crippen molar-refractivity contribution in [2.45, 2.75) is 6.54 Å². The summed E-state index contributed by atoms with van der Waals surface area (Å²) in [7, 11) is -2.90. The van der Waals surface area contributed by atoms with Gasteiger partial charge in [-0.3, -0.25) is 0 Å². The molecule has 2 aromatic rings. The zero-order valence-corrected chi connectivity index (χ0v) is 11.6. The molecule has 18 heavy (non-hydrogen) atoms. The van der Waals surface area contributed by atoms with Crippen LogP contribution in [-0.4, -0.2) is 32.0 Å². The Labute approximate surface area is 111 Å². The van der Waals surface area contributed by atoms with Crippen molar-refractivity contribution in [3.05, 3.63) is 35.0 Å². The van der Waals surface area contributed by atoms with Gasteiger partial charge in [-0.2, -0.15) is 0 Å². The van der Waals surface area contributed by atoms with Gasteiger partial charge in [-0.1, -0.05) is 17.7 Å². The summed E-state index contributed by atoms with van der Waals surface area (Å²) in [5, 5.41) is 4.92. The summed E-state index contributed by atoms with van der Waals surface area (Å²) >= 11 is 5.90. The van der Waals surface area contributed by atoms with E-state index in [4.69, 9.17) is 11.6 Å². The van der Waals surface area contributed by atoms with E-state index in [9.17, 15) is 8.42 Å². The second-order valence-electron chi connectivity index (χ2n) is 4.31. The smallest absolute Gasteiger partial charge is 0.148 e. The molecule has 0 radical (unpaired) electrons. The van der Waals surface area contributed by atoms with Crippen molar-refractivity contribution < 1.29 is 8.42 Å². The summed E-state index contributed by atoms with van der Waals surface area (Å²) in [6.07, 6.45) is 3.15. The number of aromatic amines is 1. The summed E-state index contributed by atoms with van der Waals surface area (Å²) in [5.41, 5.74) is 2.09. The Morgan fingerprint density at radius 3 is 2.89 bits per heavy atom. The molecule has 0 unspecified atom stereocenters. The van der Waals surface area contributed by atoms with E-state index >= 15 is 0 Å². The van der Waals surface area contributed by atoms with Gasteiger partial charge in [0.25, 0.3) is 0 Å². The monoisotopic (exact) mass is 286 g/mol. The molecule has 2 N–H and O–H groups in total. The lowest BCUT2D eigenvalue weighted by atomic mass is 10.2. The first-order chi connectivity index (χ1) is 8.46. The van der Waals surface area contributed by atoms with Crippen LogP contribution in [-0.2, 0) is 16.4 Å². The van der Waals surface area contributed by atoms with Gasteiger partial charge in [0.05, 0.1) is 5.75 Å². The van der Waals surface area contributed by atoms with E-state index in [1.54, 1.807) is 0 Å². The van der Waals surface area contributed by atoms with Gasteiger partial charge in [0.2, 0.25) is 0 Å². The van der Waals surface area contributed by atoms with Gasteiger partial charge in [0.1, 0.15) is 9.84 Å². The van der Waals surface area contributed by atoms with Gasteiger partial charge in [0, 0.05) is 41.5 Å². The minimum absolute atomic E-state index is 0.154. The lowest BCUT2D eigenvalue weighted by Gasteiger charge is -2.03. The van der Waals surface area contributed by atoms with E-state index in [1.807, 2.05) is 24.4 Å². The molecule has 0 amide bonds. The number of hydrogen-bond donors (Lipinski definition) is 2. The molecule has 6 heteroatoms. The molecule has 1 aromatic carbocycles. The quantitative estimate of drug-likeness (QED) is 0.826. The first-order valence-corrected chi connectivity index (χ1v) is 8.03. The van der Waals surface area contributed by atoms with E-state index < -0.39 is 9.84 Å². The van der Waals surface area contributed by atoms with Crippen molar-refractivity contribution in [1.29, 1.82) is 0 Å². The van der Waals surface area contributed by atoms with Crippen molar-refractivity contribution in [2.24, 2.45) is 0 Å². The molecule has 0 spiro atoms. The van der Waals surface area contributed by atoms with Gasteiger partial charge < -0.3 is 10.3 Å². The van der Waals surface area contributed by atoms with Crippen molar-refractivity contribution in [1.82, 2.24) is 10.3 Å². The third-order valence-electron chi connectivity index (χ3n) is 2.69. The third kappa shape index (κ3) is 3.48. The average molecular weight is 287 g/mol. The van der Waals surface area contributed by atoms with Crippen molar-refractivity contribution in [3.8, 4) is 0 Å². The topological polar surface area (TPSA) is 62.0 Å². The van der Waals surface area contributed by atoms with Crippen LogP contribution in [0.5, 0.6) is 0 Å². The molecule has 98 valence electrons. The molecule has 0 saturated carbocycles. The maximum absolute atomic E-state index is 11.0. The van der Waals surface area contributed by atoms with Crippen LogP contribution in [0.4, 0.5) is 0 Å². The zero-order chi connectivity index (χ0) is 13.2. The molecular formula is C12H15ClN2O2S.